The third kappa shape index (κ3) is 13.0. The van der Waals surface area contributed by atoms with Gasteiger partial charge in [0.15, 0.2) is 21.9 Å². The number of hydrogen-bond donors (Lipinski definition) is 5. The van der Waals surface area contributed by atoms with Gasteiger partial charge in [-0.25, -0.2) is 17.5 Å². The van der Waals surface area contributed by atoms with Crippen LogP contribution in [0.15, 0.2) is 35.4 Å². The van der Waals surface area contributed by atoms with Crippen LogP contribution in [0.25, 0.3) is 0 Å². The molecular weight excluding hydrogens is 936 g/mol. The van der Waals surface area contributed by atoms with Crippen molar-refractivity contribution in [3.63, 3.8) is 0 Å². The number of nitrogens with zero attached hydrogens (tertiary/aromatic N) is 4. The van der Waals surface area contributed by atoms with E-state index in [2.05, 4.69) is 10.3 Å². The minimum atomic E-state index is -3.44. The summed E-state index contributed by atoms with van der Waals surface area (Å²) in [6, 6.07) is 4.60. The van der Waals surface area contributed by atoms with Crippen LogP contribution in [0, 0.1) is 35.5 Å². The molecule has 1 aromatic carbocycles. The van der Waals surface area contributed by atoms with Crippen LogP contribution in [-0.4, -0.2) is 186 Å². The number of sulfone groups is 1. The van der Waals surface area contributed by atoms with Crippen molar-refractivity contribution in [1.29, 1.82) is 0 Å². The SMILES string of the molecule is CO[C@H](c1ccc(S(C)(=O)=O)cc1)[C@@H](CF)n1cc(CCN(C)[C@H]2C[C@@H](C)O[C@@H](O[C@@H]3[C@@H](C)[C@H](C4C[C@@H](OC)[C@@H](O)[C@H](C)O4)[C@@H](C)C(=O)O[C@H](C)[C@H](C)[C@H](O)[C@@H](C)C(=O)C(O)(CO)C[C@@H]3C)[C@@H]2O)nn1. The Kier molecular flexibility index (Phi) is 20.1. The fourth-order valence-electron chi connectivity index (χ4n) is 10.9. The summed E-state index contributed by atoms with van der Waals surface area (Å²) < 4.78 is 77.2. The molecule has 0 radical (unpaired) electrons. The third-order valence-electron chi connectivity index (χ3n) is 15.5. The molecule has 3 aliphatic heterocycles. The van der Waals surface area contributed by atoms with Gasteiger partial charge in [0.05, 0.1) is 59.7 Å². The van der Waals surface area contributed by atoms with Crippen LogP contribution in [0.4, 0.5) is 4.39 Å². The number of carbonyl (C=O) groups is 2. The number of benzene rings is 1. The fraction of sp³-hybridized carbons (Fsp3) is 0.796. The lowest BCUT2D eigenvalue weighted by Gasteiger charge is -2.48. The lowest BCUT2D eigenvalue weighted by molar-refractivity contribution is -0.286. The van der Waals surface area contributed by atoms with E-state index in [0.29, 0.717) is 30.6 Å². The molecule has 0 saturated carbocycles. The van der Waals surface area contributed by atoms with Gasteiger partial charge in [0.1, 0.15) is 42.7 Å². The maximum absolute atomic E-state index is 14.7. The number of aliphatic hydroxyl groups excluding tert-OH is 4. The number of Topliss-reactive ketones (excluding diaryl/α,β-unsaturated/α-hetero) is 1. The summed E-state index contributed by atoms with van der Waals surface area (Å²) >= 11 is 0. The average molecular weight is 1020 g/mol. The molecule has 19 nitrogen and oxygen atoms in total. The molecule has 21 heteroatoms. The highest BCUT2D eigenvalue weighted by Crippen LogP contribution is 2.43. The van der Waals surface area contributed by atoms with Crippen LogP contribution in [0.5, 0.6) is 0 Å². The molecule has 3 aliphatic rings. The van der Waals surface area contributed by atoms with Gasteiger partial charge in [0.2, 0.25) is 0 Å². The lowest BCUT2D eigenvalue weighted by Crippen LogP contribution is -2.59. The molecule has 3 saturated heterocycles. The van der Waals surface area contributed by atoms with Gasteiger partial charge in [-0.3, -0.25) is 9.59 Å². The summed E-state index contributed by atoms with van der Waals surface area (Å²) in [5, 5.41) is 65.8. The van der Waals surface area contributed by atoms with E-state index in [4.69, 9.17) is 28.4 Å². The van der Waals surface area contributed by atoms with Crippen LogP contribution >= 0.6 is 0 Å². The molecule has 5 rings (SSSR count). The van der Waals surface area contributed by atoms with Crippen molar-refractivity contribution >= 4 is 21.6 Å². The van der Waals surface area contributed by atoms with Crippen LogP contribution in [-0.2, 0) is 54.3 Å². The first kappa shape index (κ1) is 57.8. The summed E-state index contributed by atoms with van der Waals surface area (Å²) in [6.07, 6.45) is -6.62. The first-order chi connectivity index (χ1) is 32.8. The van der Waals surface area contributed by atoms with Crippen LogP contribution < -0.4 is 0 Å². The molecule has 0 amide bonds. The normalized spacial score (nSPS) is 38.5. The van der Waals surface area contributed by atoms with Gasteiger partial charge in [-0.2, -0.15) is 0 Å². The van der Waals surface area contributed by atoms with Gasteiger partial charge < -0.3 is 58.9 Å². The number of aliphatic hydroxyl groups is 5. The summed E-state index contributed by atoms with van der Waals surface area (Å²) in [5.74, 6) is -6.28. The molecule has 70 heavy (non-hydrogen) atoms. The smallest absolute Gasteiger partial charge is 0.309 e. The van der Waals surface area contributed by atoms with Gasteiger partial charge in [0, 0.05) is 69.9 Å². The fourth-order valence-corrected chi connectivity index (χ4v) is 11.6. The highest BCUT2D eigenvalue weighted by Gasteiger charge is 2.52. The van der Waals surface area contributed by atoms with E-state index in [-0.39, 0.29) is 17.7 Å². The Hall–Kier alpha value is -3.06. The summed E-state index contributed by atoms with van der Waals surface area (Å²) in [5.41, 5.74) is -1.23. The summed E-state index contributed by atoms with van der Waals surface area (Å²) in [7, 11) is 1.31. The van der Waals surface area contributed by atoms with Crippen molar-refractivity contribution in [3.8, 4) is 0 Å². The van der Waals surface area contributed by atoms with Crippen molar-refractivity contribution in [3.05, 3.63) is 41.7 Å². The van der Waals surface area contributed by atoms with E-state index in [0.717, 1.165) is 6.26 Å². The number of ether oxygens (including phenoxy) is 6. The Labute approximate surface area is 412 Å². The van der Waals surface area contributed by atoms with Gasteiger partial charge in [-0.1, -0.05) is 52.0 Å². The molecule has 0 bridgehead atoms. The van der Waals surface area contributed by atoms with E-state index in [1.54, 1.807) is 52.9 Å². The zero-order valence-electron chi connectivity index (χ0n) is 42.7. The van der Waals surface area contributed by atoms with Gasteiger partial charge in [-0.05, 0) is 70.2 Å². The van der Waals surface area contributed by atoms with Gasteiger partial charge in [-0.15, -0.1) is 5.10 Å². The number of likely N-dealkylation sites (N-methyl/N-ethyl adjacent to an activating group) is 1. The lowest BCUT2D eigenvalue weighted by atomic mass is 9.69. The topological polar surface area (TPSA) is 259 Å². The minimum Gasteiger partial charge on any atom is -0.462 e. The molecule has 2 aromatic rings. The van der Waals surface area contributed by atoms with Crippen molar-refractivity contribution in [2.24, 2.45) is 35.5 Å². The molecule has 1 aromatic heterocycles. The highest BCUT2D eigenvalue weighted by molar-refractivity contribution is 7.90. The molecule has 3 fully saturated rings. The number of carbonyl (C=O) groups excluding carboxylic acids is 2. The monoisotopic (exact) mass is 1010 g/mol. The molecule has 0 aliphatic carbocycles. The summed E-state index contributed by atoms with van der Waals surface area (Å²) in [6.45, 7) is 12.2. The Bertz CT molecular complexity index is 2120. The van der Waals surface area contributed by atoms with E-state index in [1.165, 1.54) is 38.0 Å². The van der Waals surface area contributed by atoms with E-state index < -0.39 is 155 Å². The zero-order valence-corrected chi connectivity index (χ0v) is 43.5. The Balaban J connectivity index is 1.43. The first-order valence-corrected chi connectivity index (χ1v) is 26.3. The number of methoxy groups -OCH3 is 2. The quantitative estimate of drug-likeness (QED) is 0.161. The number of alkyl halides is 1. The van der Waals surface area contributed by atoms with Crippen molar-refractivity contribution in [2.45, 2.75) is 171 Å². The molecule has 20 atom stereocenters. The number of rotatable bonds is 15. The maximum Gasteiger partial charge on any atom is 0.309 e. The molecular formula is C49H79FN4O15S. The van der Waals surface area contributed by atoms with Crippen molar-refractivity contribution in [2.75, 3.05) is 47.3 Å². The highest BCUT2D eigenvalue weighted by atomic mass is 32.2. The van der Waals surface area contributed by atoms with Crippen molar-refractivity contribution < 1.29 is 76.4 Å². The van der Waals surface area contributed by atoms with Gasteiger partial charge >= 0.3 is 5.97 Å². The second-order valence-electron chi connectivity index (χ2n) is 20.5. The van der Waals surface area contributed by atoms with Crippen LogP contribution in [0.1, 0.15) is 98.1 Å². The van der Waals surface area contributed by atoms with Crippen molar-refractivity contribution in [1.82, 2.24) is 19.9 Å². The average Bonchev–Trinajstić information content (AvgIpc) is 3.80. The molecule has 2 unspecified atom stereocenters. The number of ketones is 1. The largest absolute Gasteiger partial charge is 0.462 e. The number of esters is 1. The van der Waals surface area contributed by atoms with Crippen LogP contribution in [0.2, 0.25) is 0 Å². The summed E-state index contributed by atoms with van der Waals surface area (Å²) in [4.78, 5) is 30.4. The molecule has 5 N–H and O–H groups in total. The predicted octanol–water partition coefficient (Wildman–Crippen LogP) is 2.64. The molecule has 0 spiro atoms. The number of aromatic nitrogens is 3. The van der Waals surface area contributed by atoms with Crippen LogP contribution in [0.3, 0.4) is 0 Å². The number of hydrogen-bond acceptors (Lipinski definition) is 18. The maximum atomic E-state index is 14.7. The third-order valence-corrected chi connectivity index (χ3v) is 16.6. The standard InChI is InChI=1S/C49H79FN4O15S/c1-25-21-49(61,24-55)46(59)30(6)41(56)27(3)31(7)68-47(60)29(5)40(38-20-39(64-10)42(57)32(8)67-38)28(4)44(25)69-48-43(58)36(19-26(2)66-48)53(9)18-17-34-23-54(52-51-34)37(22-50)45(65-11)33-13-15-35(16-14-33)70(12,62)63/h13-16,23,25-32,36-45,48,55-58,61H,17-22,24H2,1-12H3/t25-,26+,27-,28-,29+,30+,31+,32-,36-,37+,38?,39+,40-,41-,42-,43+,44-,45+,48-,49?/m0/s1. The van der Waals surface area contributed by atoms with E-state index >= 15 is 0 Å². The number of cyclic esters (lactones) is 1. The Morgan fingerprint density at radius 2 is 1.59 bits per heavy atom. The minimum absolute atomic E-state index is 0.122. The number of halogens is 1. The zero-order chi connectivity index (χ0) is 52.2. The van der Waals surface area contributed by atoms with Gasteiger partial charge in [0.25, 0.3) is 0 Å². The predicted molar refractivity (Wildman–Crippen MR) is 253 cm³/mol. The molecule has 4 heterocycles. The van der Waals surface area contributed by atoms with E-state index in [1.807, 2.05) is 25.8 Å². The van der Waals surface area contributed by atoms with E-state index in [9.17, 15) is 47.9 Å². The first-order valence-electron chi connectivity index (χ1n) is 24.4. The Morgan fingerprint density at radius 1 is 0.929 bits per heavy atom. The Morgan fingerprint density at radius 3 is 2.17 bits per heavy atom. The second-order valence-corrected chi connectivity index (χ2v) is 22.5. The second kappa shape index (κ2) is 24.3. The molecule has 398 valence electrons.